The third-order valence-electron chi connectivity index (χ3n) is 2.47. The number of hydrogen-bond acceptors (Lipinski definition) is 2. The summed E-state index contributed by atoms with van der Waals surface area (Å²) in [5, 5.41) is 0. The van der Waals surface area contributed by atoms with Gasteiger partial charge in [0, 0.05) is 20.2 Å². The number of benzene rings is 1. The Hall–Kier alpha value is -1.55. The number of methoxy groups -OCH3 is 1. The average molecular weight is 249 g/mol. The van der Waals surface area contributed by atoms with Crippen LogP contribution in [-0.2, 0) is 4.74 Å². The maximum Gasteiger partial charge on any atom is 0.196 e. The van der Waals surface area contributed by atoms with Crippen molar-refractivity contribution in [3.8, 4) is 0 Å². The van der Waals surface area contributed by atoms with Crippen molar-refractivity contribution in [2.45, 2.75) is 13.8 Å². The Balaban J connectivity index is 2.74. The molecular weight excluding hydrogens is 226 g/mol. The zero-order valence-electron chi connectivity index (χ0n) is 11.5. The standard InChI is InChI=1S/C14H23N3O/c1-12(2)11-17(9-10-18-3)14(15)16-13-7-5-4-6-8-13/h4-8,12H,9-11H2,1-3H3,(H2,15,16). The Bertz CT molecular complexity index is 363. The van der Waals surface area contributed by atoms with Crippen molar-refractivity contribution < 1.29 is 4.74 Å². The molecule has 0 heterocycles. The van der Waals surface area contributed by atoms with Crippen LogP contribution in [0.15, 0.2) is 35.3 Å². The number of aliphatic imine (C=N–C) groups is 1. The minimum Gasteiger partial charge on any atom is -0.383 e. The first-order chi connectivity index (χ1) is 8.63. The highest BCUT2D eigenvalue weighted by atomic mass is 16.5. The molecule has 0 spiro atoms. The van der Waals surface area contributed by atoms with Crippen molar-refractivity contribution >= 4 is 11.6 Å². The molecule has 2 N–H and O–H groups in total. The molecule has 18 heavy (non-hydrogen) atoms. The van der Waals surface area contributed by atoms with Crippen LogP contribution in [0.4, 0.5) is 5.69 Å². The van der Waals surface area contributed by atoms with Gasteiger partial charge in [0.15, 0.2) is 5.96 Å². The van der Waals surface area contributed by atoms with E-state index < -0.39 is 0 Å². The molecule has 0 amide bonds. The summed E-state index contributed by atoms with van der Waals surface area (Å²) < 4.78 is 5.10. The van der Waals surface area contributed by atoms with Gasteiger partial charge in [-0.1, -0.05) is 32.0 Å². The number of para-hydroxylation sites is 1. The summed E-state index contributed by atoms with van der Waals surface area (Å²) in [6.07, 6.45) is 0. The molecular formula is C14H23N3O. The van der Waals surface area contributed by atoms with Crippen molar-refractivity contribution in [1.29, 1.82) is 0 Å². The molecule has 1 rings (SSSR count). The zero-order valence-corrected chi connectivity index (χ0v) is 11.5. The van der Waals surface area contributed by atoms with Gasteiger partial charge in [-0.25, -0.2) is 4.99 Å². The van der Waals surface area contributed by atoms with Crippen LogP contribution in [0.3, 0.4) is 0 Å². The molecule has 0 unspecified atom stereocenters. The average Bonchev–Trinajstić information content (AvgIpc) is 2.35. The molecule has 0 aliphatic rings. The fourth-order valence-corrected chi connectivity index (χ4v) is 1.65. The number of nitrogens with zero attached hydrogens (tertiary/aromatic N) is 2. The fourth-order valence-electron chi connectivity index (χ4n) is 1.65. The number of ether oxygens (including phenoxy) is 1. The molecule has 4 nitrogen and oxygen atoms in total. The van der Waals surface area contributed by atoms with E-state index in [1.165, 1.54) is 0 Å². The lowest BCUT2D eigenvalue weighted by Crippen LogP contribution is -2.41. The summed E-state index contributed by atoms with van der Waals surface area (Å²) >= 11 is 0. The van der Waals surface area contributed by atoms with E-state index >= 15 is 0 Å². The van der Waals surface area contributed by atoms with Crippen LogP contribution in [-0.4, -0.2) is 37.7 Å². The van der Waals surface area contributed by atoms with Gasteiger partial charge in [0.25, 0.3) is 0 Å². The van der Waals surface area contributed by atoms with E-state index in [-0.39, 0.29) is 0 Å². The SMILES string of the molecule is COCCN(CC(C)C)C(N)=Nc1ccccc1. The molecule has 0 fully saturated rings. The minimum atomic E-state index is 0.534. The summed E-state index contributed by atoms with van der Waals surface area (Å²) in [4.78, 5) is 6.49. The van der Waals surface area contributed by atoms with Gasteiger partial charge in [0.05, 0.1) is 12.3 Å². The largest absolute Gasteiger partial charge is 0.383 e. The highest BCUT2D eigenvalue weighted by Crippen LogP contribution is 2.10. The second kappa shape index (κ2) is 7.71. The Morgan fingerprint density at radius 2 is 2.00 bits per heavy atom. The number of hydrogen-bond donors (Lipinski definition) is 1. The van der Waals surface area contributed by atoms with Gasteiger partial charge in [-0.2, -0.15) is 0 Å². The fraction of sp³-hybridized carbons (Fsp3) is 0.500. The van der Waals surface area contributed by atoms with Crippen LogP contribution in [0.1, 0.15) is 13.8 Å². The van der Waals surface area contributed by atoms with E-state index in [4.69, 9.17) is 10.5 Å². The van der Waals surface area contributed by atoms with Crippen LogP contribution < -0.4 is 5.73 Å². The number of nitrogens with two attached hydrogens (primary N) is 1. The molecule has 0 bridgehead atoms. The Morgan fingerprint density at radius 3 is 2.56 bits per heavy atom. The van der Waals surface area contributed by atoms with Crippen molar-refractivity contribution in [3.63, 3.8) is 0 Å². The summed E-state index contributed by atoms with van der Waals surface area (Å²) in [6.45, 7) is 6.62. The van der Waals surface area contributed by atoms with Gasteiger partial charge in [0.1, 0.15) is 0 Å². The van der Waals surface area contributed by atoms with Crippen molar-refractivity contribution in [2.75, 3.05) is 26.8 Å². The molecule has 1 aromatic carbocycles. The van der Waals surface area contributed by atoms with Crippen LogP contribution >= 0.6 is 0 Å². The normalized spacial score (nSPS) is 11.9. The summed E-state index contributed by atoms with van der Waals surface area (Å²) in [5.41, 5.74) is 6.94. The van der Waals surface area contributed by atoms with Crippen molar-refractivity contribution in [1.82, 2.24) is 4.90 Å². The van der Waals surface area contributed by atoms with E-state index in [1.807, 2.05) is 30.3 Å². The monoisotopic (exact) mass is 249 g/mol. The highest BCUT2D eigenvalue weighted by molar-refractivity contribution is 5.81. The van der Waals surface area contributed by atoms with Crippen LogP contribution in [0.2, 0.25) is 0 Å². The zero-order chi connectivity index (χ0) is 13.4. The van der Waals surface area contributed by atoms with Crippen molar-refractivity contribution in [3.05, 3.63) is 30.3 Å². The Labute approximate surface area is 109 Å². The first-order valence-electron chi connectivity index (χ1n) is 6.26. The highest BCUT2D eigenvalue weighted by Gasteiger charge is 2.09. The van der Waals surface area contributed by atoms with Crippen molar-refractivity contribution in [2.24, 2.45) is 16.6 Å². The predicted octanol–water partition coefficient (Wildman–Crippen LogP) is 2.24. The van der Waals surface area contributed by atoms with E-state index in [0.29, 0.717) is 18.5 Å². The molecule has 0 radical (unpaired) electrons. The van der Waals surface area contributed by atoms with E-state index in [2.05, 4.69) is 23.7 Å². The van der Waals surface area contributed by atoms with Gasteiger partial charge >= 0.3 is 0 Å². The number of rotatable bonds is 6. The lowest BCUT2D eigenvalue weighted by atomic mass is 10.2. The van der Waals surface area contributed by atoms with Gasteiger partial charge in [0.2, 0.25) is 0 Å². The van der Waals surface area contributed by atoms with Crippen LogP contribution in [0, 0.1) is 5.92 Å². The second-order valence-corrected chi connectivity index (χ2v) is 4.64. The molecule has 100 valence electrons. The summed E-state index contributed by atoms with van der Waals surface area (Å²) in [7, 11) is 1.69. The summed E-state index contributed by atoms with van der Waals surface area (Å²) in [5.74, 6) is 1.08. The van der Waals surface area contributed by atoms with Gasteiger partial charge in [-0.15, -0.1) is 0 Å². The lowest BCUT2D eigenvalue weighted by molar-refractivity contribution is 0.171. The third-order valence-corrected chi connectivity index (χ3v) is 2.47. The molecule has 0 aliphatic carbocycles. The molecule has 0 aromatic heterocycles. The maximum absolute atomic E-state index is 6.06. The minimum absolute atomic E-state index is 0.534. The van der Waals surface area contributed by atoms with Gasteiger partial charge in [-0.3, -0.25) is 0 Å². The van der Waals surface area contributed by atoms with Gasteiger partial charge in [-0.05, 0) is 18.1 Å². The molecule has 1 aromatic rings. The van der Waals surface area contributed by atoms with E-state index in [0.717, 1.165) is 18.8 Å². The second-order valence-electron chi connectivity index (χ2n) is 4.64. The topological polar surface area (TPSA) is 50.9 Å². The molecule has 0 saturated carbocycles. The lowest BCUT2D eigenvalue weighted by Gasteiger charge is -2.25. The van der Waals surface area contributed by atoms with Crippen LogP contribution in [0.25, 0.3) is 0 Å². The first-order valence-corrected chi connectivity index (χ1v) is 6.26. The molecule has 0 saturated heterocycles. The third kappa shape index (κ3) is 5.19. The Morgan fingerprint density at radius 1 is 1.33 bits per heavy atom. The quantitative estimate of drug-likeness (QED) is 0.621. The Kier molecular flexibility index (Phi) is 6.22. The molecule has 4 heteroatoms. The van der Waals surface area contributed by atoms with E-state index in [9.17, 15) is 0 Å². The van der Waals surface area contributed by atoms with Crippen LogP contribution in [0.5, 0.6) is 0 Å². The summed E-state index contributed by atoms with van der Waals surface area (Å²) in [6, 6.07) is 9.75. The predicted molar refractivity (Wildman–Crippen MR) is 76.0 cm³/mol. The van der Waals surface area contributed by atoms with Gasteiger partial charge < -0.3 is 15.4 Å². The first kappa shape index (κ1) is 14.5. The smallest absolute Gasteiger partial charge is 0.196 e. The molecule has 0 atom stereocenters. The maximum atomic E-state index is 6.06. The number of guanidine groups is 1. The van der Waals surface area contributed by atoms with E-state index in [1.54, 1.807) is 7.11 Å². The molecule has 0 aliphatic heterocycles.